The van der Waals surface area contributed by atoms with Crippen LogP contribution < -0.4 is 0 Å². The number of carbonyl (C=O) groups is 1. The molecule has 0 radical (unpaired) electrons. The van der Waals surface area contributed by atoms with Crippen molar-refractivity contribution in [2.45, 2.75) is 93.0 Å². The van der Waals surface area contributed by atoms with E-state index in [9.17, 15) is 4.79 Å². The van der Waals surface area contributed by atoms with Gasteiger partial charge in [0.2, 0.25) is 0 Å². The molecule has 0 aromatic carbocycles. The Kier molecular flexibility index (Phi) is 5.50. The third kappa shape index (κ3) is 5.20. The van der Waals surface area contributed by atoms with Crippen LogP contribution in [0.5, 0.6) is 0 Å². The van der Waals surface area contributed by atoms with Crippen molar-refractivity contribution in [3.8, 4) is 0 Å². The minimum Gasteiger partial charge on any atom is -0.436 e. The first-order chi connectivity index (χ1) is 10.5. The molecule has 2 saturated carbocycles. The molecule has 3 nitrogen and oxygen atoms in total. The molecule has 2 fully saturated rings. The van der Waals surface area contributed by atoms with Gasteiger partial charge in [0.05, 0.1) is 12.0 Å². The molecule has 0 aromatic heterocycles. The monoisotopic (exact) mass is 324 g/mol. The number of ether oxygens (including phenoxy) is 2. The number of carbonyl (C=O) groups excluding carboxylic acids is 1. The van der Waals surface area contributed by atoms with Crippen LogP contribution in [-0.2, 0) is 14.3 Å². The highest BCUT2D eigenvalue weighted by molar-refractivity contribution is 5.73. The fraction of sp³-hybridized carbons (Fsp3) is 0.950. The second kappa shape index (κ2) is 6.74. The minimum atomic E-state index is -0.434. The van der Waals surface area contributed by atoms with E-state index in [2.05, 4.69) is 41.5 Å². The minimum absolute atomic E-state index is 0.101. The molecule has 5 unspecified atom stereocenters. The van der Waals surface area contributed by atoms with E-state index in [4.69, 9.17) is 9.47 Å². The summed E-state index contributed by atoms with van der Waals surface area (Å²) >= 11 is 0. The summed E-state index contributed by atoms with van der Waals surface area (Å²) in [5.41, 5.74) is 0.00216. The van der Waals surface area contributed by atoms with E-state index in [0.717, 1.165) is 18.8 Å². The van der Waals surface area contributed by atoms with Crippen LogP contribution >= 0.6 is 0 Å². The smallest absolute Gasteiger partial charge is 0.311 e. The molecule has 0 saturated heterocycles. The van der Waals surface area contributed by atoms with E-state index in [0.29, 0.717) is 12.0 Å². The average molecular weight is 325 g/mol. The van der Waals surface area contributed by atoms with Gasteiger partial charge in [0.15, 0.2) is 6.29 Å². The number of hydrogen-bond acceptors (Lipinski definition) is 3. The summed E-state index contributed by atoms with van der Waals surface area (Å²) in [6, 6.07) is 0. The van der Waals surface area contributed by atoms with Crippen molar-refractivity contribution in [2.75, 3.05) is 0 Å². The lowest BCUT2D eigenvalue weighted by Crippen LogP contribution is -2.37. The number of esters is 1. The highest BCUT2D eigenvalue weighted by atomic mass is 16.7. The summed E-state index contributed by atoms with van der Waals surface area (Å²) in [7, 11) is 0. The Morgan fingerprint density at radius 2 is 1.74 bits per heavy atom. The van der Waals surface area contributed by atoms with Crippen molar-refractivity contribution >= 4 is 5.97 Å². The molecule has 2 rings (SSSR count). The first kappa shape index (κ1) is 18.8. The van der Waals surface area contributed by atoms with E-state index >= 15 is 0 Å². The van der Waals surface area contributed by atoms with E-state index in [1.807, 2.05) is 6.92 Å². The quantitative estimate of drug-likeness (QED) is 0.516. The van der Waals surface area contributed by atoms with Gasteiger partial charge in [-0.1, -0.05) is 41.5 Å². The predicted molar refractivity (Wildman–Crippen MR) is 92.9 cm³/mol. The lowest BCUT2D eigenvalue weighted by Gasteiger charge is -2.35. The Labute approximate surface area is 142 Å². The molecule has 0 spiro atoms. The Bertz CT molecular complexity index is 416. The van der Waals surface area contributed by atoms with Crippen LogP contribution in [0.2, 0.25) is 0 Å². The summed E-state index contributed by atoms with van der Waals surface area (Å²) < 4.78 is 11.8. The zero-order valence-electron chi connectivity index (χ0n) is 16.1. The SMILES string of the molecule is CC(OC(=O)C(CC(C)(C)C)C(C)(C)C)OC1CC2CCC1C2. The van der Waals surface area contributed by atoms with Gasteiger partial charge in [-0.25, -0.2) is 0 Å². The molecule has 2 bridgehead atoms. The van der Waals surface area contributed by atoms with Crippen LogP contribution in [0, 0.1) is 28.6 Å². The van der Waals surface area contributed by atoms with Gasteiger partial charge in [-0.3, -0.25) is 4.79 Å². The van der Waals surface area contributed by atoms with Gasteiger partial charge in [-0.2, -0.15) is 0 Å². The largest absolute Gasteiger partial charge is 0.436 e. The number of hydrogen-bond donors (Lipinski definition) is 0. The summed E-state index contributed by atoms with van der Waals surface area (Å²) in [4.78, 5) is 12.7. The van der Waals surface area contributed by atoms with E-state index in [-0.39, 0.29) is 22.7 Å². The van der Waals surface area contributed by atoms with Crippen LogP contribution in [-0.4, -0.2) is 18.4 Å². The number of fused-ring (bicyclic) bond motifs is 2. The molecule has 0 amide bonds. The second-order valence-electron chi connectivity index (χ2n) is 10.0. The van der Waals surface area contributed by atoms with Gasteiger partial charge in [0, 0.05) is 0 Å². The van der Waals surface area contributed by atoms with Crippen molar-refractivity contribution < 1.29 is 14.3 Å². The molecule has 2 aliphatic rings. The summed E-state index contributed by atoms with van der Waals surface area (Å²) in [5, 5.41) is 0. The Hall–Kier alpha value is -0.570. The van der Waals surface area contributed by atoms with Crippen molar-refractivity contribution in [3.05, 3.63) is 0 Å². The highest BCUT2D eigenvalue weighted by Gasteiger charge is 2.42. The van der Waals surface area contributed by atoms with Crippen molar-refractivity contribution in [1.29, 1.82) is 0 Å². The standard InChI is InChI=1S/C20H36O3/c1-13(22-17-11-14-8-9-15(17)10-14)23-18(21)16(20(5,6)7)12-19(2,3)4/h13-17H,8-12H2,1-7H3. The summed E-state index contributed by atoms with van der Waals surface area (Å²) in [6.45, 7) is 14.8. The molecular weight excluding hydrogens is 288 g/mol. The maximum Gasteiger partial charge on any atom is 0.311 e. The van der Waals surface area contributed by atoms with Gasteiger partial charge >= 0.3 is 5.97 Å². The van der Waals surface area contributed by atoms with Gasteiger partial charge in [-0.15, -0.1) is 0 Å². The van der Waals surface area contributed by atoms with Crippen molar-refractivity contribution in [1.82, 2.24) is 0 Å². The van der Waals surface area contributed by atoms with Gasteiger partial charge in [0.1, 0.15) is 0 Å². The molecule has 0 aliphatic heterocycles. The lowest BCUT2D eigenvalue weighted by atomic mass is 9.72. The predicted octanol–water partition coefficient (Wildman–Crippen LogP) is 5.18. The van der Waals surface area contributed by atoms with E-state index in [1.54, 1.807) is 0 Å². The van der Waals surface area contributed by atoms with Crippen LogP contribution in [0.4, 0.5) is 0 Å². The van der Waals surface area contributed by atoms with Crippen molar-refractivity contribution in [3.63, 3.8) is 0 Å². The Balaban J connectivity index is 1.89. The third-order valence-electron chi connectivity index (χ3n) is 5.47. The molecule has 0 aromatic rings. The molecule has 134 valence electrons. The topological polar surface area (TPSA) is 35.5 Å². The average Bonchev–Trinajstić information content (AvgIpc) is 2.95. The molecule has 23 heavy (non-hydrogen) atoms. The van der Waals surface area contributed by atoms with Gasteiger partial charge < -0.3 is 9.47 Å². The Morgan fingerprint density at radius 1 is 1.09 bits per heavy atom. The molecule has 2 aliphatic carbocycles. The fourth-order valence-electron chi connectivity index (χ4n) is 4.23. The maximum absolute atomic E-state index is 12.7. The van der Waals surface area contributed by atoms with Gasteiger partial charge in [-0.05, 0) is 61.7 Å². The normalized spacial score (nSPS) is 30.3. The zero-order chi connectivity index (χ0) is 17.4. The van der Waals surface area contributed by atoms with Crippen molar-refractivity contribution in [2.24, 2.45) is 28.6 Å². The molecular formula is C20H36O3. The van der Waals surface area contributed by atoms with Crippen LogP contribution in [0.1, 0.15) is 80.6 Å². The van der Waals surface area contributed by atoms with E-state index < -0.39 is 6.29 Å². The second-order valence-corrected chi connectivity index (χ2v) is 10.0. The van der Waals surface area contributed by atoms with Crippen LogP contribution in [0.15, 0.2) is 0 Å². The lowest BCUT2D eigenvalue weighted by molar-refractivity contribution is -0.197. The van der Waals surface area contributed by atoms with Crippen LogP contribution in [0.3, 0.4) is 0 Å². The number of rotatable bonds is 5. The van der Waals surface area contributed by atoms with Gasteiger partial charge in [0.25, 0.3) is 0 Å². The molecule has 3 heteroatoms. The molecule has 0 heterocycles. The summed E-state index contributed by atoms with van der Waals surface area (Å²) in [6.07, 6.45) is 5.79. The third-order valence-corrected chi connectivity index (χ3v) is 5.47. The maximum atomic E-state index is 12.7. The molecule has 0 N–H and O–H groups in total. The van der Waals surface area contributed by atoms with E-state index in [1.165, 1.54) is 19.3 Å². The molecule has 5 atom stereocenters. The van der Waals surface area contributed by atoms with Crippen LogP contribution in [0.25, 0.3) is 0 Å². The zero-order valence-corrected chi connectivity index (χ0v) is 16.1. The first-order valence-corrected chi connectivity index (χ1v) is 9.31. The highest BCUT2D eigenvalue weighted by Crippen LogP contribution is 2.46. The fourth-order valence-corrected chi connectivity index (χ4v) is 4.23. The first-order valence-electron chi connectivity index (χ1n) is 9.31. The Morgan fingerprint density at radius 3 is 2.17 bits per heavy atom. The summed E-state index contributed by atoms with van der Waals surface area (Å²) in [5.74, 6) is 1.32.